The molecule has 2 aromatic heterocycles. The average molecular weight is 385 g/mol. The average Bonchev–Trinajstić information content (AvgIpc) is 3.06. The number of benzene rings is 1. The van der Waals surface area contributed by atoms with Gasteiger partial charge in [0.15, 0.2) is 5.82 Å². The first-order valence-corrected chi connectivity index (χ1v) is 10.3. The number of likely N-dealkylation sites (tertiary alicyclic amines) is 1. The molecule has 1 saturated heterocycles. The van der Waals surface area contributed by atoms with Gasteiger partial charge in [0.25, 0.3) is 0 Å². The molecular formula is C21H25FN4S. The number of hydrogen-bond donors (Lipinski definition) is 1. The summed E-state index contributed by atoms with van der Waals surface area (Å²) >= 11 is 1.66. The van der Waals surface area contributed by atoms with Crippen molar-refractivity contribution >= 4 is 27.4 Å². The van der Waals surface area contributed by atoms with Gasteiger partial charge in [0, 0.05) is 30.1 Å². The van der Waals surface area contributed by atoms with Gasteiger partial charge in [0.2, 0.25) is 0 Å². The normalized spacial score (nSPS) is 16.4. The molecule has 2 N–H and O–H groups in total. The van der Waals surface area contributed by atoms with Gasteiger partial charge < -0.3 is 5.73 Å². The molecule has 1 aromatic carbocycles. The van der Waals surface area contributed by atoms with Crippen LogP contribution < -0.4 is 5.73 Å². The highest BCUT2D eigenvalue weighted by Gasteiger charge is 2.20. The zero-order chi connectivity index (χ0) is 19.0. The number of halogens is 1. The molecule has 4 rings (SSSR count). The Morgan fingerprint density at radius 1 is 1.22 bits per heavy atom. The van der Waals surface area contributed by atoms with Crippen LogP contribution in [-0.4, -0.2) is 34.1 Å². The number of nitrogen functional groups attached to an aromatic ring is 1. The molecule has 142 valence electrons. The summed E-state index contributed by atoms with van der Waals surface area (Å²) in [5.74, 6) is 1.61. The molecule has 0 unspecified atom stereocenters. The molecule has 27 heavy (non-hydrogen) atoms. The Morgan fingerprint density at radius 3 is 2.70 bits per heavy atom. The number of aromatic nitrogens is 2. The number of hydrogen-bond acceptors (Lipinski definition) is 5. The van der Waals surface area contributed by atoms with Gasteiger partial charge in [-0.2, -0.15) is 0 Å². The Balaban J connectivity index is 1.66. The number of nitrogens with zero attached hydrogens (tertiary/aromatic N) is 3. The summed E-state index contributed by atoms with van der Waals surface area (Å²) in [6.45, 7) is 6.79. The minimum atomic E-state index is -0.645. The van der Waals surface area contributed by atoms with E-state index in [2.05, 4.69) is 41.9 Å². The fourth-order valence-electron chi connectivity index (χ4n) is 3.68. The Bertz CT molecular complexity index is 945. The molecule has 4 nitrogen and oxygen atoms in total. The van der Waals surface area contributed by atoms with Crippen LogP contribution in [0.1, 0.15) is 43.0 Å². The van der Waals surface area contributed by atoms with Gasteiger partial charge >= 0.3 is 0 Å². The van der Waals surface area contributed by atoms with Gasteiger partial charge in [0.1, 0.15) is 16.8 Å². The number of fused-ring (bicyclic) bond motifs is 1. The molecule has 1 aliphatic heterocycles. The van der Waals surface area contributed by atoms with E-state index in [1.54, 1.807) is 11.3 Å². The lowest BCUT2D eigenvalue weighted by Gasteiger charge is -2.27. The fraction of sp³-hybridized carbons (Fsp3) is 0.429. The second kappa shape index (κ2) is 7.52. The summed E-state index contributed by atoms with van der Waals surface area (Å²) in [6, 6.07) is 10.3. The number of piperidine rings is 1. The zero-order valence-electron chi connectivity index (χ0n) is 15.8. The quantitative estimate of drug-likeness (QED) is 0.688. The maximum absolute atomic E-state index is 13.4. The van der Waals surface area contributed by atoms with Crippen molar-refractivity contribution in [2.45, 2.75) is 45.3 Å². The lowest BCUT2D eigenvalue weighted by Crippen LogP contribution is -2.33. The molecule has 6 heteroatoms. The largest absolute Gasteiger partial charge is 0.383 e. The first-order valence-electron chi connectivity index (χ1n) is 9.53. The van der Waals surface area contributed by atoms with Crippen LogP contribution in [0.2, 0.25) is 0 Å². The van der Waals surface area contributed by atoms with Crippen LogP contribution in [0.4, 0.5) is 10.2 Å². The summed E-state index contributed by atoms with van der Waals surface area (Å²) in [7, 11) is 0. The lowest BCUT2D eigenvalue weighted by atomic mass is 9.97. The molecule has 3 aromatic rings. The minimum Gasteiger partial charge on any atom is -0.383 e. The van der Waals surface area contributed by atoms with E-state index in [1.807, 2.05) is 12.1 Å². The first kappa shape index (κ1) is 18.3. The molecule has 0 bridgehead atoms. The molecule has 0 aliphatic carbocycles. The summed E-state index contributed by atoms with van der Waals surface area (Å²) in [5.41, 5.74) is 8.54. The second-order valence-electron chi connectivity index (χ2n) is 7.56. The van der Waals surface area contributed by atoms with E-state index in [0.29, 0.717) is 30.4 Å². The van der Waals surface area contributed by atoms with E-state index in [0.717, 1.165) is 35.4 Å². The third kappa shape index (κ3) is 3.82. The number of nitrogens with two attached hydrogens (primary N) is 1. The molecule has 0 spiro atoms. The summed E-state index contributed by atoms with van der Waals surface area (Å²) in [4.78, 5) is 13.9. The van der Waals surface area contributed by atoms with Crippen LogP contribution in [0.5, 0.6) is 0 Å². The predicted octanol–water partition coefficient (Wildman–Crippen LogP) is 5.00. The third-order valence-corrected chi connectivity index (χ3v) is 6.21. The highest BCUT2D eigenvalue weighted by Crippen LogP contribution is 2.33. The Kier molecular flexibility index (Phi) is 5.10. The van der Waals surface area contributed by atoms with Gasteiger partial charge in [-0.3, -0.25) is 4.90 Å². The fourth-order valence-corrected chi connectivity index (χ4v) is 4.75. The third-order valence-electron chi connectivity index (χ3n) is 5.19. The molecule has 0 atom stereocenters. The Labute approximate surface area is 163 Å². The van der Waals surface area contributed by atoms with Gasteiger partial charge in [0.05, 0.1) is 5.39 Å². The van der Waals surface area contributed by atoms with Gasteiger partial charge in [-0.05, 0) is 30.4 Å². The first-order chi connectivity index (χ1) is 13.0. The highest BCUT2D eigenvalue weighted by atomic mass is 32.1. The SMILES string of the molecule is CC(C)c1ccccc1-c1nc(N)c2cc(CN3CCC(F)CC3)sc2n1. The zero-order valence-corrected chi connectivity index (χ0v) is 16.6. The van der Waals surface area contributed by atoms with E-state index in [4.69, 9.17) is 10.7 Å². The van der Waals surface area contributed by atoms with Crippen LogP contribution in [0.15, 0.2) is 30.3 Å². The number of rotatable bonds is 4. The number of alkyl halides is 1. The maximum atomic E-state index is 13.4. The van der Waals surface area contributed by atoms with Crippen LogP contribution in [0, 0.1) is 0 Å². The van der Waals surface area contributed by atoms with Crippen molar-refractivity contribution in [2.75, 3.05) is 18.8 Å². The van der Waals surface area contributed by atoms with Crippen molar-refractivity contribution in [3.05, 3.63) is 40.8 Å². The van der Waals surface area contributed by atoms with Crippen molar-refractivity contribution in [1.29, 1.82) is 0 Å². The van der Waals surface area contributed by atoms with Crippen molar-refractivity contribution in [3.63, 3.8) is 0 Å². The summed E-state index contributed by atoms with van der Waals surface area (Å²) in [6.07, 6.45) is 0.611. The maximum Gasteiger partial charge on any atom is 0.163 e. The molecule has 0 saturated carbocycles. The lowest BCUT2D eigenvalue weighted by molar-refractivity contribution is 0.146. The van der Waals surface area contributed by atoms with E-state index in [1.165, 1.54) is 10.4 Å². The Morgan fingerprint density at radius 2 is 1.96 bits per heavy atom. The predicted molar refractivity (Wildman–Crippen MR) is 111 cm³/mol. The van der Waals surface area contributed by atoms with E-state index < -0.39 is 6.17 Å². The van der Waals surface area contributed by atoms with Crippen LogP contribution in [0.3, 0.4) is 0 Å². The van der Waals surface area contributed by atoms with Gasteiger partial charge in [-0.1, -0.05) is 38.1 Å². The summed E-state index contributed by atoms with van der Waals surface area (Å²) in [5, 5.41) is 0.918. The van der Waals surface area contributed by atoms with Gasteiger partial charge in [-0.25, -0.2) is 14.4 Å². The van der Waals surface area contributed by atoms with Crippen LogP contribution >= 0.6 is 11.3 Å². The molecule has 0 radical (unpaired) electrons. The smallest absolute Gasteiger partial charge is 0.163 e. The van der Waals surface area contributed by atoms with E-state index >= 15 is 0 Å². The molecule has 0 amide bonds. The van der Waals surface area contributed by atoms with E-state index in [-0.39, 0.29) is 0 Å². The number of anilines is 1. The molecule has 1 aliphatic rings. The monoisotopic (exact) mass is 384 g/mol. The van der Waals surface area contributed by atoms with Crippen LogP contribution in [-0.2, 0) is 6.54 Å². The second-order valence-corrected chi connectivity index (χ2v) is 8.67. The van der Waals surface area contributed by atoms with Gasteiger partial charge in [-0.15, -0.1) is 11.3 Å². The van der Waals surface area contributed by atoms with Crippen molar-refractivity contribution in [1.82, 2.24) is 14.9 Å². The summed E-state index contributed by atoms with van der Waals surface area (Å²) < 4.78 is 13.4. The number of thiophene rings is 1. The Hall–Kier alpha value is -2.05. The molecule has 1 fully saturated rings. The van der Waals surface area contributed by atoms with Crippen molar-refractivity contribution in [2.24, 2.45) is 0 Å². The van der Waals surface area contributed by atoms with Crippen molar-refractivity contribution < 1.29 is 4.39 Å². The van der Waals surface area contributed by atoms with E-state index in [9.17, 15) is 4.39 Å². The van der Waals surface area contributed by atoms with Crippen LogP contribution in [0.25, 0.3) is 21.6 Å². The standard InChI is InChI=1S/C21H25FN4S/c1-13(2)16-5-3-4-6-17(16)20-24-19(23)18-11-15(27-21(18)25-20)12-26-9-7-14(22)8-10-26/h3-6,11,13-14H,7-10,12H2,1-2H3,(H2,23,24,25). The highest BCUT2D eigenvalue weighted by molar-refractivity contribution is 7.18. The molecule has 3 heterocycles. The minimum absolute atomic E-state index is 0.388. The molecular weight excluding hydrogens is 359 g/mol. The van der Waals surface area contributed by atoms with Crippen molar-refractivity contribution in [3.8, 4) is 11.4 Å². The topological polar surface area (TPSA) is 55.0 Å².